The highest BCUT2D eigenvalue weighted by Crippen LogP contribution is 2.31. The first-order valence-electron chi connectivity index (χ1n) is 10.7. The first-order valence-corrected chi connectivity index (χ1v) is 13.6. The lowest BCUT2D eigenvalue weighted by molar-refractivity contribution is -0.119. The van der Waals surface area contributed by atoms with Gasteiger partial charge in [-0.3, -0.25) is 4.79 Å². The fraction of sp³-hybridized carbons (Fsp3) is 0.409. The summed E-state index contributed by atoms with van der Waals surface area (Å²) in [4.78, 5) is 13.3. The maximum atomic E-state index is 13.1. The van der Waals surface area contributed by atoms with Crippen molar-refractivity contribution in [3.63, 3.8) is 0 Å². The fourth-order valence-corrected chi connectivity index (χ4v) is 7.05. The van der Waals surface area contributed by atoms with Gasteiger partial charge in [0.1, 0.15) is 11.8 Å². The molecule has 1 N–H and O–H groups in total. The molecule has 9 nitrogen and oxygen atoms in total. The normalized spacial score (nSPS) is 17.3. The lowest BCUT2D eigenvalue weighted by Gasteiger charge is -2.24. The Balaban J connectivity index is 1.90. The number of anilines is 1. The van der Waals surface area contributed by atoms with Gasteiger partial charge < -0.3 is 10.1 Å². The quantitative estimate of drug-likeness (QED) is 0.572. The molecule has 1 heterocycles. The summed E-state index contributed by atoms with van der Waals surface area (Å²) in [6.45, 7) is 4.33. The molecule has 1 unspecified atom stereocenters. The molecule has 1 aliphatic rings. The van der Waals surface area contributed by atoms with Crippen molar-refractivity contribution in [2.24, 2.45) is 0 Å². The van der Waals surface area contributed by atoms with Crippen LogP contribution < -0.4 is 10.1 Å². The van der Waals surface area contributed by atoms with E-state index in [0.29, 0.717) is 25.9 Å². The number of carbonyl (C=O) groups is 1. The summed E-state index contributed by atoms with van der Waals surface area (Å²) < 4.78 is 59.8. The number of carbonyl (C=O) groups excluding carboxylic acids is 1. The topological polar surface area (TPSA) is 113 Å². The predicted molar refractivity (Wildman–Crippen MR) is 125 cm³/mol. The zero-order valence-electron chi connectivity index (χ0n) is 18.9. The molecule has 0 aliphatic carbocycles. The van der Waals surface area contributed by atoms with Crippen LogP contribution in [0.3, 0.4) is 0 Å². The Morgan fingerprint density at radius 2 is 1.73 bits per heavy atom. The van der Waals surface area contributed by atoms with Crippen LogP contribution in [0.25, 0.3) is 0 Å². The molecule has 0 radical (unpaired) electrons. The van der Waals surface area contributed by atoms with Gasteiger partial charge in [0.05, 0.1) is 22.6 Å². The Morgan fingerprint density at radius 1 is 1.06 bits per heavy atom. The maximum Gasteiger partial charge on any atom is 0.243 e. The minimum Gasteiger partial charge on any atom is -0.495 e. The third kappa shape index (κ3) is 5.06. The molecule has 180 valence electrons. The van der Waals surface area contributed by atoms with E-state index in [-0.39, 0.29) is 27.8 Å². The minimum absolute atomic E-state index is 0.0162. The molecule has 0 bridgehead atoms. The molecule has 2 aromatic carbocycles. The van der Waals surface area contributed by atoms with Crippen molar-refractivity contribution in [3.05, 3.63) is 48.5 Å². The molecule has 1 saturated heterocycles. The lowest BCUT2D eigenvalue weighted by atomic mass is 10.2. The minimum atomic E-state index is -3.85. The third-order valence-corrected chi connectivity index (χ3v) is 9.60. The molecule has 1 amide bonds. The Morgan fingerprint density at radius 3 is 2.33 bits per heavy atom. The zero-order valence-corrected chi connectivity index (χ0v) is 20.5. The summed E-state index contributed by atoms with van der Waals surface area (Å²) in [5, 5.41) is 2.69. The van der Waals surface area contributed by atoms with Gasteiger partial charge in [-0.05, 0) is 43.2 Å². The van der Waals surface area contributed by atoms with Gasteiger partial charge in [-0.15, -0.1) is 0 Å². The Bertz CT molecular complexity index is 1200. The number of rotatable bonds is 9. The first kappa shape index (κ1) is 25.2. The summed E-state index contributed by atoms with van der Waals surface area (Å²) in [5.41, 5.74) is 0.166. The number of nitrogens with one attached hydrogen (secondary N) is 1. The summed E-state index contributed by atoms with van der Waals surface area (Å²) in [5.74, 6) is -0.264. The molecule has 0 aromatic heterocycles. The van der Waals surface area contributed by atoms with E-state index >= 15 is 0 Å². The van der Waals surface area contributed by atoms with Crippen molar-refractivity contribution >= 4 is 31.6 Å². The predicted octanol–water partition coefficient (Wildman–Crippen LogP) is 2.52. The van der Waals surface area contributed by atoms with Crippen LogP contribution in [0.15, 0.2) is 58.3 Å². The van der Waals surface area contributed by atoms with Crippen LogP contribution in [0.1, 0.15) is 26.7 Å². The highest BCUT2D eigenvalue weighted by Gasteiger charge is 2.39. The monoisotopic (exact) mass is 495 g/mol. The number of hydrogen-bond acceptors (Lipinski definition) is 6. The Labute approximate surface area is 195 Å². The van der Waals surface area contributed by atoms with Gasteiger partial charge in [0.2, 0.25) is 26.0 Å². The van der Waals surface area contributed by atoms with E-state index in [1.807, 2.05) is 0 Å². The fourth-order valence-electron chi connectivity index (χ4n) is 3.89. The SMILES string of the molecule is CCN(CC)S(=O)(=O)c1ccc(OC)c(NC(=O)C2CCCN2S(=O)(=O)c2ccccc2)c1. The first-order chi connectivity index (χ1) is 15.7. The van der Waals surface area contributed by atoms with Crippen molar-refractivity contribution in [1.29, 1.82) is 0 Å². The van der Waals surface area contributed by atoms with E-state index in [4.69, 9.17) is 4.74 Å². The van der Waals surface area contributed by atoms with E-state index in [9.17, 15) is 21.6 Å². The van der Waals surface area contributed by atoms with Gasteiger partial charge >= 0.3 is 0 Å². The van der Waals surface area contributed by atoms with E-state index in [0.717, 1.165) is 0 Å². The average Bonchev–Trinajstić information content (AvgIpc) is 3.31. The van der Waals surface area contributed by atoms with Crippen LogP contribution in [0.4, 0.5) is 5.69 Å². The van der Waals surface area contributed by atoms with Crippen LogP contribution >= 0.6 is 0 Å². The second-order valence-electron chi connectivity index (χ2n) is 7.53. The van der Waals surface area contributed by atoms with E-state index in [2.05, 4.69) is 5.32 Å². The largest absolute Gasteiger partial charge is 0.495 e. The van der Waals surface area contributed by atoms with E-state index in [1.54, 1.807) is 32.0 Å². The van der Waals surface area contributed by atoms with Gasteiger partial charge in [-0.25, -0.2) is 16.8 Å². The molecule has 0 saturated carbocycles. The van der Waals surface area contributed by atoms with Gasteiger partial charge in [0, 0.05) is 19.6 Å². The molecular weight excluding hydrogens is 466 g/mol. The Kier molecular flexibility index (Phi) is 7.78. The molecule has 1 atom stereocenters. The number of benzene rings is 2. The van der Waals surface area contributed by atoms with Gasteiger partial charge in [0.25, 0.3) is 0 Å². The van der Waals surface area contributed by atoms with Crippen LogP contribution in [-0.2, 0) is 24.8 Å². The average molecular weight is 496 g/mol. The number of sulfonamides is 2. The third-order valence-electron chi connectivity index (χ3n) is 5.63. The van der Waals surface area contributed by atoms with Crippen LogP contribution in [-0.4, -0.2) is 64.1 Å². The number of nitrogens with zero attached hydrogens (tertiary/aromatic N) is 2. The molecule has 1 fully saturated rings. The summed E-state index contributed by atoms with van der Waals surface area (Å²) in [6, 6.07) is 11.3. The molecule has 33 heavy (non-hydrogen) atoms. The number of amides is 1. The molecule has 1 aliphatic heterocycles. The van der Waals surface area contributed by atoms with Gasteiger partial charge in [-0.1, -0.05) is 32.0 Å². The van der Waals surface area contributed by atoms with Crippen LogP contribution in [0.2, 0.25) is 0 Å². The standard InChI is InChI=1S/C22H29N3O6S2/c1-4-24(5-2)32(27,28)18-13-14-21(31-3)19(16-18)23-22(26)20-12-9-15-25(20)33(29,30)17-10-7-6-8-11-17/h6-8,10-11,13-14,16,20H,4-5,9,12,15H2,1-3H3,(H,23,26). The zero-order chi connectivity index (χ0) is 24.2. The van der Waals surface area contributed by atoms with Gasteiger partial charge in [0.15, 0.2) is 0 Å². The number of methoxy groups -OCH3 is 1. The van der Waals surface area contributed by atoms with Gasteiger partial charge in [-0.2, -0.15) is 8.61 Å². The summed E-state index contributed by atoms with van der Waals surface area (Å²) in [6.07, 6.45) is 0.898. The lowest BCUT2D eigenvalue weighted by Crippen LogP contribution is -2.43. The second-order valence-corrected chi connectivity index (χ2v) is 11.4. The van der Waals surface area contributed by atoms with Crippen LogP contribution in [0, 0.1) is 0 Å². The second kappa shape index (κ2) is 10.2. The molecule has 0 spiro atoms. The molecular formula is C22H29N3O6S2. The van der Waals surface area contributed by atoms with Crippen molar-refractivity contribution in [2.75, 3.05) is 32.1 Å². The van der Waals surface area contributed by atoms with Crippen molar-refractivity contribution < 1.29 is 26.4 Å². The van der Waals surface area contributed by atoms with Crippen molar-refractivity contribution in [3.8, 4) is 5.75 Å². The molecule has 11 heteroatoms. The Hall–Kier alpha value is -2.47. The smallest absolute Gasteiger partial charge is 0.243 e. The highest BCUT2D eigenvalue weighted by molar-refractivity contribution is 7.89. The molecule has 2 aromatic rings. The van der Waals surface area contributed by atoms with Crippen molar-refractivity contribution in [1.82, 2.24) is 8.61 Å². The summed E-state index contributed by atoms with van der Waals surface area (Å²) in [7, 11) is -6.20. The molecule has 3 rings (SSSR count). The van der Waals surface area contributed by atoms with Crippen LogP contribution in [0.5, 0.6) is 5.75 Å². The maximum absolute atomic E-state index is 13.1. The highest BCUT2D eigenvalue weighted by atomic mass is 32.2. The summed E-state index contributed by atoms with van der Waals surface area (Å²) >= 11 is 0. The number of hydrogen-bond donors (Lipinski definition) is 1. The van der Waals surface area contributed by atoms with E-state index in [1.165, 1.54) is 46.1 Å². The van der Waals surface area contributed by atoms with Crippen molar-refractivity contribution in [2.45, 2.75) is 42.5 Å². The van der Waals surface area contributed by atoms with E-state index < -0.39 is 32.0 Å². The number of ether oxygens (including phenoxy) is 1.